The molecule has 1 nitrogen and oxygen atoms in total. The van der Waals surface area contributed by atoms with Gasteiger partial charge in [0.2, 0.25) is 0 Å². The van der Waals surface area contributed by atoms with E-state index in [0.29, 0.717) is 5.56 Å². The Bertz CT molecular complexity index is 1230. The van der Waals surface area contributed by atoms with Crippen molar-refractivity contribution in [3.63, 3.8) is 0 Å². The van der Waals surface area contributed by atoms with Crippen LogP contribution >= 0.6 is 0 Å². The standard InChI is InChI=1S/C42H55FO/c1-35(2)39-28-25-37(26-29-39)20-18-16-14-12-10-8-6-4-3-5-7-9-11-13-15-17-19-36-21-23-38(24-22-36)27-34-42(44)40-30-32-41(43)33-31-40/h21-34H,1,3-20H2,2H3. The minimum atomic E-state index is -0.330. The summed E-state index contributed by atoms with van der Waals surface area (Å²) in [4.78, 5) is 12.2. The third-order valence-electron chi connectivity index (χ3n) is 8.66. The largest absolute Gasteiger partial charge is 0.289 e. The van der Waals surface area contributed by atoms with Crippen molar-refractivity contribution in [3.8, 4) is 0 Å². The molecule has 0 saturated heterocycles. The van der Waals surface area contributed by atoms with Gasteiger partial charge in [-0.3, -0.25) is 4.79 Å². The van der Waals surface area contributed by atoms with Crippen molar-refractivity contribution in [1.82, 2.24) is 0 Å². The molecular formula is C42H55FO. The van der Waals surface area contributed by atoms with Crippen molar-refractivity contribution in [1.29, 1.82) is 0 Å². The summed E-state index contributed by atoms with van der Waals surface area (Å²) in [7, 11) is 0. The van der Waals surface area contributed by atoms with Crippen molar-refractivity contribution in [3.05, 3.63) is 119 Å². The summed E-state index contributed by atoms with van der Waals surface area (Å²) in [5.74, 6) is -0.442. The van der Waals surface area contributed by atoms with Gasteiger partial charge in [-0.25, -0.2) is 4.39 Å². The van der Waals surface area contributed by atoms with Crippen LogP contribution in [0.2, 0.25) is 0 Å². The molecule has 0 aliphatic rings. The topological polar surface area (TPSA) is 17.1 Å². The Labute approximate surface area is 267 Å². The average molecular weight is 595 g/mol. The maximum Gasteiger partial charge on any atom is 0.185 e. The molecule has 0 bridgehead atoms. The van der Waals surface area contributed by atoms with Gasteiger partial charge in [-0.1, -0.05) is 157 Å². The molecule has 44 heavy (non-hydrogen) atoms. The van der Waals surface area contributed by atoms with Gasteiger partial charge in [0.15, 0.2) is 5.78 Å². The molecule has 0 aromatic heterocycles. The summed E-state index contributed by atoms with van der Waals surface area (Å²) >= 11 is 0. The fourth-order valence-electron chi connectivity index (χ4n) is 5.77. The van der Waals surface area contributed by atoms with E-state index in [0.717, 1.165) is 17.6 Å². The number of hydrogen-bond donors (Lipinski definition) is 0. The Kier molecular flexibility index (Phi) is 17.2. The van der Waals surface area contributed by atoms with Gasteiger partial charge < -0.3 is 0 Å². The number of hydrogen-bond acceptors (Lipinski definition) is 1. The maximum absolute atomic E-state index is 13.0. The fraction of sp³-hybridized carbons (Fsp3) is 0.452. The van der Waals surface area contributed by atoms with Gasteiger partial charge in [-0.2, -0.15) is 0 Å². The van der Waals surface area contributed by atoms with E-state index in [4.69, 9.17) is 0 Å². The predicted molar refractivity (Wildman–Crippen MR) is 189 cm³/mol. The molecule has 0 aliphatic carbocycles. The third-order valence-corrected chi connectivity index (χ3v) is 8.66. The lowest BCUT2D eigenvalue weighted by Crippen LogP contribution is -1.93. The Hall–Kier alpha value is -3.26. The van der Waals surface area contributed by atoms with E-state index in [9.17, 15) is 9.18 Å². The molecule has 0 atom stereocenters. The van der Waals surface area contributed by atoms with Gasteiger partial charge >= 0.3 is 0 Å². The lowest BCUT2D eigenvalue weighted by molar-refractivity contribution is 0.104. The molecule has 0 amide bonds. The summed E-state index contributed by atoms with van der Waals surface area (Å²) < 4.78 is 13.0. The zero-order chi connectivity index (χ0) is 31.2. The summed E-state index contributed by atoms with van der Waals surface area (Å²) in [6.07, 6.45) is 27.7. The second kappa shape index (κ2) is 21.4. The van der Waals surface area contributed by atoms with Crippen LogP contribution in [0.1, 0.15) is 142 Å². The van der Waals surface area contributed by atoms with E-state index in [1.165, 1.54) is 150 Å². The first kappa shape index (κ1) is 35.2. The van der Waals surface area contributed by atoms with Gasteiger partial charge in [0.05, 0.1) is 0 Å². The van der Waals surface area contributed by atoms with Crippen molar-refractivity contribution in [2.24, 2.45) is 0 Å². The molecule has 3 rings (SSSR count). The van der Waals surface area contributed by atoms with Crippen LogP contribution in [0.15, 0.2) is 85.5 Å². The molecule has 236 valence electrons. The molecule has 3 aromatic rings. The monoisotopic (exact) mass is 594 g/mol. The number of carbonyl (C=O) groups excluding carboxylic acids is 1. The number of unbranched alkanes of at least 4 members (excludes halogenated alkanes) is 15. The van der Waals surface area contributed by atoms with Crippen molar-refractivity contribution < 1.29 is 9.18 Å². The van der Waals surface area contributed by atoms with E-state index in [1.807, 2.05) is 6.08 Å². The van der Waals surface area contributed by atoms with E-state index in [2.05, 4.69) is 62.0 Å². The zero-order valence-corrected chi connectivity index (χ0v) is 27.3. The van der Waals surface area contributed by atoms with E-state index in [1.54, 1.807) is 6.08 Å². The quantitative estimate of drug-likeness (QED) is 0.0606. The minimum absolute atomic E-state index is 0.112. The molecule has 0 saturated carbocycles. The molecule has 2 heteroatoms. The fourth-order valence-corrected chi connectivity index (χ4v) is 5.77. The smallest absolute Gasteiger partial charge is 0.185 e. The Morgan fingerprint density at radius 2 is 0.909 bits per heavy atom. The number of carbonyl (C=O) groups is 1. The Morgan fingerprint density at radius 1 is 0.545 bits per heavy atom. The van der Waals surface area contributed by atoms with Crippen LogP contribution in [-0.2, 0) is 12.8 Å². The number of rotatable bonds is 23. The third kappa shape index (κ3) is 15.0. The number of benzene rings is 3. The number of ketones is 1. The lowest BCUT2D eigenvalue weighted by atomic mass is 10.0. The van der Waals surface area contributed by atoms with Gasteiger partial charge in [0.1, 0.15) is 5.82 Å². The highest BCUT2D eigenvalue weighted by molar-refractivity contribution is 6.06. The van der Waals surface area contributed by atoms with Crippen molar-refractivity contribution in [2.75, 3.05) is 0 Å². The van der Waals surface area contributed by atoms with Crippen molar-refractivity contribution in [2.45, 2.75) is 122 Å². The molecular weight excluding hydrogens is 539 g/mol. The van der Waals surface area contributed by atoms with Gasteiger partial charge in [-0.05, 0) is 85.2 Å². The van der Waals surface area contributed by atoms with Crippen LogP contribution < -0.4 is 0 Å². The summed E-state index contributed by atoms with van der Waals surface area (Å²) in [5, 5.41) is 0. The predicted octanol–water partition coefficient (Wildman–Crippen LogP) is 12.8. The van der Waals surface area contributed by atoms with Crippen LogP contribution in [0.25, 0.3) is 11.6 Å². The second-order valence-electron chi connectivity index (χ2n) is 12.6. The molecule has 0 heterocycles. The molecule has 3 aromatic carbocycles. The second-order valence-corrected chi connectivity index (χ2v) is 12.6. The first-order valence-electron chi connectivity index (χ1n) is 17.3. The first-order valence-corrected chi connectivity index (χ1v) is 17.3. The van der Waals surface area contributed by atoms with Crippen molar-refractivity contribution >= 4 is 17.4 Å². The minimum Gasteiger partial charge on any atom is -0.289 e. The molecule has 0 unspecified atom stereocenters. The summed E-state index contributed by atoms with van der Waals surface area (Å²) in [5.41, 5.74) is 6.72. The molecule has 0 aliphatic heterocycles. The molecule has 0 N–H and O–H groups in total. The molecule has 0 spiro atoms. The summed E-state index contributed by atoms with van der Waals surface area (Å²) in [6.45, 7) is 6.08. The van der Waals surface area contributed by atoms with Gasteiger partial charge in [0.25, 0.3) is 0 Å². The van der Waals surface area contributed by atoms with Gasteiger partial charge in [0, 0.05) is 5.56 Å². The highest BCUT2D eigenvalue weighted by Gasteiger charge is 2.02. The first-order chi connectivity index (χ1) is 21.5. The van der Waals surface area contributed by atoms with Crippen LogP contribution in [-0.4, -0.2) is 5.78 Å². The number of aryl methyl sites for hydroxylation is 2. The zero-order valence-electron chi connectivity index (χ0n) is 27.3. The Balaban J connectivity index is 1.07. The van der Waals surface area contributed by atoms with E-state index < -0.39 is 0 Å². The normalized spacial score (nSPS) is 11.3. The van der Waals surface area contributed by atoms with E-state index >= 15 is 0 Å². The van der Waals surface area contributed by atoms with Crippen LogP contribution in [0.4, 0.5) is 4.39 Å². The lowest BCUT2D eigenvalue weighted by Gasteiger charge is -2.05. The van der Waals surface area contributed by atoms with Crippen LogP contribution in [0.5, 0.6) is 0 Å². The maximum atomic E-state index is 13.0. The highest BCUT2D eigenvalue weighted by atomic mass is 19.1. The van der Waals surface area contributed by atoms with Crippen LogP contribution in [0, 0.1) is 5.82 Å². The van der Waals surface area contributed by atoms with Gasteiger partial charge in [-0.15, -0.1) is 0 Å². The highest BCUT2D eigenvalue weighted by Crippen LogP contribution is 2.17. The van der Waals surface area contributed by atoms with E-state index in [-0.39, 0.29) is 11.6 Å². The SMILES string of the molecule is C=C(C)c1ccc(CCCCCCCCCCCCCCCCCCc2ccc(C=CC(=O)c3ccc(F)cc3)cc2)cc1. The summed E-state index contributed by atoms with van der Waals surface area (Å²) in [6, 6.07) is 23.1. The molecule has 0 fully saturated rings. The number of allylic oxidation sites excluding steroid dienone is 2. The van der Waals surface area contributed by atoms with Crippen LogP contribution in [0.3, 0.4) is 0 Å². The Morgan fingerprint density at radius 3 is 1.32 bits per heavy atom. The number of halogens is 1. The molecule has 0 radical (unpaired) electrons. The average Bonchev–Trinajstić information content (AvgIpc) is 3.04.